The van der Waals surface area contributed by atoms with E-state index in [1.54, 1.807) is 61.5 Å². The summed E-state index contributed by atoms with van der Waals surface area (Å²) in [4.78, 5) is 19.3. The number of aryl methyl sites for hydroxylation is 1. The van der Waals surface area contributed by atoms with Crippen LogP contribution in [0.15, 0.2) is 83.5 Å². The summed E-state index contributed by atoms with van der Waals surface area (Å²) >= 11 is 5.96. The first kappa shape index (κ1) is 24.2. The van der Waals surface area contributed by atoms with Gasteiger partial charge >= 0.3 is 0 Å². The van der Waals surface area contributed by atoms with Gasteiger partial charge in [0.05, 0.1) is 21.1 Å². The zero-order chi connectivity index (χ0) is 25.3. The second kappa shape index (κ2) is 9.37. The number of rotatable bonds is 6. The van der Waals surface area contributed by atoms with Crippen LogP contribution < -0.4 is 0 Å². The minimum atomic E-state index is -4.19. The Bertz CT molecular complexity index is 1610. The van der Waals surface area contributed by atoms with Crippen molar-refractivity contribution in [2.75, 3.05) is 14.1 Å². The molecule has 0 atom stereocenters. The SMILES string of the molecule is Cc1ccc(S(=O)(=O)n2c(C(=O)C(C#N)=CN(C)C)cc3ccc(-c4ccc(Cl)cn4)cc32)cc1. The van der Waals surface area contributed by atoms with Gasteiger partial charge in [0.15, 0.2) is 0 Å². The second-order valence-corrected chi connectivity index (χ2v) is 10.4. The maximum absolute atomic E-state index is 13.8. The monoisotopic (exact) mass is 504 g/mol. The Morgan fingerprint density at radius 1 is 1.09 bits per heavy atom. The fourth-order valence-electron chi connectivity index (χ4n) is 3.65. The Balaban J connectivity index is 2.02. The molecule has 0 aliphatic heterocycles. The van der Waals surface area contributed by atoms with Crippen LogP contribution >= 0.6 is 11.6 Å². The van der Waals surface area contributed by atoms with Crippen molar-refractivity contribution < 1.29 is 13.2 Å². The van der Waals surface area contributed by atoms with Gasteiger partial charge in [-0.3, -0.25) is 9.78 Å². The minimum Gasteiger partial charge on any atom is -0.382 e. The second-order valence-electron chi connectivity index (χ2n) is 8.19. The highest BCUT2D eigenvalue weighted by Crippen LogP contribution is 2.31. The first-order chi connectivity index (χ1) is 16.6. The van der Waals surface area contributed by atoms with Crippen LogP contribution in [0.3, 0.4) is 0 Å². The Kier molecular flexibility index (Phi) is 6.48. The van der Waals surface area contributed by atoms with Gasteiger partial charge in [0.1, 0.15) is 17.3 Å². The predicted molar refractivity (Wildman–Crippen MR) is 136 cm³/mol. The van der Waals surface area contributed by atoms with Crippen LogP contribution in [0.1, 0.15) is 16.1 Å². The Morgan fingerprint density at radius 2 is 1.80 bits per heavy atom. The van der Waals surface area contributed by atoms with Crippen molar-refractivity contribution >= 4 is 38.3 Å². The third kappa shape index (κ3) is 4.69. The van der Waals surface area contributed by atoms with Crippen molar-refractivity contribution in [2.24, 2.45) is 0 Å². The first-order valence-corrected chi connectivity index (χ1v) is 12.4. The molecule has 2 aromatic heterocycles. The summed E-state index contributed by atoms with van der Waals surface area (Å²) in [6.45, 7) is 1.85. The first-order valence-electron chi connectivity index (χ1n) is 10.5. The summed E-state index contributed by atoms with van der Waals surface area (Å²) in [5.74, 6) is -0.695. The molecule has 0 N–H and O–H groups in total. The number of allylic oxidation sites excluding steroid dienone is 1. The third-order valence-electron chi connectivity index (χ3n) is 5.33. The molecule has 35 heavy (non-hydrogen) atoms. The molecule has 0 aliphatic rings. The largest absolute Gasteiger partial charge is 0.382 e. The third-order valence-corrected chi connectivity index (χ3v) is 7.29. The molecule has 0 spiro atoms. The van der Waals surface area contributed by atoms with Crippen molar-refractivity contribution in [3.8, 4) is 17.3 Å². The van der Waals surface area contributed by atoms with E-state index in [0.29, 0.717) is 27.2 Å². The van der Waals surface area contributed by atoms with Gasteiger partial charge in [-0.2, -0.15) is 5.26 Å². The number of hydrogen-bond acceptors (Lipinski definition) is 6. The summed E-state index contributed by atoms with van der Waals surface area (Å²) < 4.78 is 28.7. The molecule has 7 nitrogen and oxygen atoms in total. The van der Waals surface area contributed by atoms with Crippen molar-refractivity contribution in [3.05, 3.63) is 94.9 Å². The lowest BCUT2D eigenvalue weighted by Crippen LogP contribution is -2.20. The summed E-state index contributed by atoms with van der Waals surface area (Å²) in [6, 6.07) is 18.3. The van der Waals surface area contributed by atoms with Gasteiger partial charge in [0.25, 0.3) is 10.0 Å². The van der Waals surface area contributed by atoms with Gasteiger partial charge < -0.3 is 4.90 Å². The molecule has 2 aromatic carbocycles. The number of halogens is 1. The average molecular weight is 505 g/mol. The molecule has 0 amide bonds. The molecule has 2 heterocycles. The summed E-state index contributed by atoms with van der Waals surface area (Å²) in [5, 5.41) is 10.6. The molecular weight excluding hydrogens is 484 g/mol. The minimum absolute atomic E-state index is 0.0276. The van der Waals surface area contributed by atoms with Crippen molar-refractivity contribution in [3.63, 3.8) is 0 Å². The van der Waals surface area contributed by atoms with E-state index in [4.69, 9.17) is 11.6 Å². The van der Waals surface area contributed by atoms with Crippen LogP contribution in [0.2, 0.25) is 5.02 Å². The Labute approximate surface area is 208 Å². The molecule has 4 rings (SSSR count). The fourth-order valence-corrected chi connectivity index (χ4v) is 5.26. The summed E-state index contributed by atoms with van der Waals surface area (Å²) in [5.41, 5.74) is 2.12. The Hall–Kier alpha value is -3.93. The lowest BCUT2D eigenvalue weighted by Gasteiger charge is -2.13. The number of benzene rings is 2. The Morgan fingerprint density at radius 3 is 2.40 bits per heavy atom. The summed E-state index contributed by atoms with van der Waals surface area (Å²) in [7, 11) is -0.836. The van der Waals surface area contributed by atoms with Gasteiger partial charge in [-0.05, 0) is 43.3 Å². The van der Waals surface area contributed by atoms with Crippen LogP contribution in [-0.2, 0) is 10.0 Å². The van der Waals surface area contributed by atoms with Crippen molar-refractivity contribution in [1.29, 1.82) is 5.26 Å². The molecule has 0 fully saturated rings. The number of pyridine rings is 1. The topological polar surface area (TPSA) is 96.1 Å². The van der Waals surface area contributed by atoms with E-state index in [2.05, 4.69) is 4.98 Å². The van der Waals surface area contributed by atoms with E-state index in [1.807, 2.05) is 13.0 Å². The lowest BCUT2D eigenvalue weighted by molar-refractivity contribution is 0.103. The normalized spacial score (nSPS) is 11.9. The predicted octanol–water partition coefficient (Wildman–Crippen LogP) is 5.05. The van der Waals surface area contributed by atoms with Gasteiger partial charge in [-0.25, -0.2) is 12.4 Å². The van der Waals surface area contributed by atoms with Gasteiger partial charge in [-0.1, -0.05) is 41.4 Å². The number of Topliss-reactive ketones (excluding diaryl/α,β-unsaturated/α-hetero) is 1. The quantitative estimate of drug-likeness (QED) is 0.207. The highest BCUT2D eigenvalue weighted by atomic mass is 35.5. The standard InChI is InChI=1S/C26H21ClN4O3S/c1-17-4-9-22(10-5-17)35(33,34)31-24-12-18(23-11-8-21(27)15-29-23)6-7-19(24)13-25(31)26(32)20(14-28)16-30(2)3/h4-13,15-16H,1-3H3. The molecule has 0 radical (unpaired) electrons. The highest BCUT2D eigenvalue weighted by Gasteiger charge is 2.28. The number of nitriles is 1. The maximum atomic E-state index is 13.8. The molecule has 0 unspecified atom stereocenters. The van der Waals surface area contributed by atoms with Crippen LogP contribution in [0.5, 0.6) is 0 Å². The van der Waals surface area contributed by atoms with E-state index in [9.17, 15) is 18.5 Å². The summed E-state index contributed by atoms with van der Waals surface area (Å²) in [6.07, 6.45) is 2.87. The van der Waals surface area contributed by atoms with Gasteiger partial charge in [-0.15, -0.1) is 0 Å². The number of carbonyl (C=O) groups excluding carboxylic acids is 1. The van der Waals surface area contributed by atoms with E-state index >= 15 is 0 Å². The molecule has 0 saturated carbocycles. The van der Waals surface area contributed by atoms with Crippen LogP contribution in [-0.4, -0.2) is 42.2 Å². The molecule has 4 aromatic rings. The molecule has 9 heteroatoms. The number of ketones is 1. The smallest absolute Gasteiger partial charge is 0.268 e. The maximum Gasteiger partial charge on any atom is 0.268 e. The van der Waals surface area contributed by atoms with Crippen LogP contribution in [0.4, 0.5) is 0 Å². The molecule has 0 bridgehead atoms. The molecule has 0 aliphatic carbocycles. The zero-order valence-electron chi connectivity index (χ0n) is 19.2. The molecule has 0 saturated heterocycles. The van der Waals surface area contributed by atoms with Crippen molar-refractivity contribution in [2.45, 2.75) is 11.8 Å². The van der Waals surface area contributed by atoms with Gasteiger partial charge in [0, 0.05) is 37.4 Å². The van der Waals surface area contributed by atoms with E-state index in [0.717, 1.165) is 9.54 Å². The van der Waals surface area contributed by atoms with Gasteiger partial charge in [0.2, 0.25) is 5.78 Å². The highest BCUT2D eigenvalue weighted by molar-refractivity contribution is 7.90. The number of aromatic nitrogens is 2. The zero-order valence-corrected chi connectivity index (χ0v) is 20.8. The number of fused-ring (bicyclic) bond motifs is 1. The van der Waals surface area contributed by atoms with E-state index < -0.39 is 15.8 Å². The average Bonchev–Trinajstić information content (AvgIpc) is 3.22. The number of hydrogen-bond donors (Lipinski definition) is 0. The van der Waals surface area contributed by atoms with Crippen LogP contribution in [0.25, 0.3) is 22.2 Å². The lowest BCUT2D eigenvalue weighted by atomic mass is 10.1. The fraction of sp³-hybridized carbons (Fsp3) is 0.115. The molecular formula is C26H21ClN4O3S. The molecule has 176 valence electrons. The van der Waals surface area contributed by atoms with E-state index in [-0.39, 0.29) is 16.2 Å². The van der Waals surface area contributed by atoms with Crippen LogP contribution in [0, 0.1) is 18.3 Å². The number of nitrogens with zero attached hydrogens (tertiary/aromatic N) is 4. The van der Waals surface area contributed by atoms with Crippen molar-refractivity contribution in [1.82, 2.24) is 13.9 Å². The number of carbonyl (C=O) groups is 1. The van der Waals surface area contributed by atoms with E-state index in [1.165, 1.54) is 30.6 Å².